The number of benzene rings is 3. The van der Waals surface area contributed by atoms with Crippen LogP contribution in [0.1, 0.15) is 60.0 Å². The molecule has 3 aromatic rings. The zero-order chi connectivity index (χ0) is 66.7. The fourth-order valence-electron chi connectivity index (χ4n) is 8.07. The van der Waals surface area contributed by atoms with Gasteiger partial charge in [-0.15, -0.1) is 0 Å². The SMILES string of the molecule is NCC(=O)N[C@@H](CCCN=C(N)N)C(=O)NCC(=O)N[C@@H](CC(=O)O)C(=O)N[C@@H](Cc1ccccc1)C(=O)NCC(=O)Nc1ccccc1C(=O)NCC(=O)N[C@@H](CCCN=C(N)N)C(=O)NCC(=O)N[C@@H](CC(=O)O)C(=O)N[C@@H](Cc1ccccc1)C(=O)O. The van der Waals surface area contributed by atoms with Crippen LogP contribution in [0.2, 0.25) is 0 Å². The van der Waals surface area contributed by atoms with Crippen molar-refractivity contribution in [2.75, 3.05) is 51.1 Å². The molecule has 0 spiro atoms. The van der Waals surface area contributed by atoms with E-state index in [4.69, 9.17) is 28.7 Å². The summed E-state index contributed by atoms with van der Waals surface area (Å²) in [5.41, 5.74) is 27.5. The summed E-state index contributed by atoms with van der Waals surface area (Å²) in [6, 6.07) is 12.6. The molecule has 35 nitrogen and oxygen atoms in total. The topological polar surface area (TPSA) is 587 Å². The number of hydrogen-bond acceptors (Lipinski definition) is 17. The van der Waals surface area contributed by atoms with Crippen LogP contribution in [-0.4, -0.2) is 192 Å². The van der Waals surface area contributed by atoms with Crippen molar-refractivity contribution < 1.29 is 82.4 Å². The standard InChI is InChI=1S/C55H74N18O17/c56-25-40(74)68-34(17-9-19-61-54(57)58)48(84)64-28-43(77)70-37(23-45(79)80)51(87)72-36(21-30-11-3-1-4-12-30)50(86)66-27-41(75)67-33-16-8-7-15-32(33)47(83)63-26-42(76)69-35(18-10-20-62-55(59)60)49(85)65-29-44(78)71-38(24-46(81)82)52(88)73-39(53(89)90)22-31-13-5-2-6-14-31/h1-8,11-16,34-39H,9-10,17-29,56H2,(H,63,83)(H,64,84)(H,65,85)(H,66,86)(H,67,75)(H,68,74)(H,69,76)(H,70,77)(H,71,78)(H,72,87)(H,73,88)(H,79,80)(H,81,82)(H,89,90)(H4,57,58,61)(H4,59,60,62)/t34-,35-,36-,37-,38-,39-/m0/s1. The number of aliphatic imine (C=N–C) groups is 2. The average Bonchev–Trinajstić information content (AvgIpc) is 3.70. The molecule has 3 rings (SSSR count). The van der Waals surface area contributed by atoms with Crippen LogP contribution in [0.3, 0.4) is 0 Å². The normalized spacial score (nSPS) is 12.5. The number of carboxylic acid groups (broad SMARTS) is 3. The molecule has 90 heavy (non-hydrogen) atoms. The summed E-state index contributed by atoms with van der Waals surface area (Å²) >= 11 is 0. The van der Waals surface area contributed by atoms with Crippen LogP contribution in [0, 0.1) is 0 Å². The molecule has 0 saturated carbocycles. The molecule has 0 aliphatic heterocycles. The Hall–Kier alpha value is -11.3. The minimum Gasteiger partial charge on any atom is -0.481 e. The molecule has 0 aliphatic rings. The van der Waals surface area contributed by atoms with Crippen LogP contribution in [0.5, 0.6) is 0 Å². The Balaban J connectivity index is 1.66. The number of para-hydroxylation sites is 1. The van der Waals surface area contributed by atoms with Crippen molar-refractivity contribution >= 4 is 100 Å². The number of amides is 11. The number of nitrogens with one attached hydrogen (secondary N) is 11. The number of rotatable bonds is 39. The van der Waals surface area contributed by atoms with E-state index >= 15 is 0 Å². The molecule has 0 saturated heterocycles. The summed E-state index contributed by atoms with van der Waals surface area (Å²) in [4.78, 5) is 188. The fraction of sp³-hybridized carbons (Fsp3) is 0.382. The number of anilines is 1. The molecule has 0 fully saturated rings. The van der Waals surface area contributed by atoms with Crippen LogP contribution in [0.4, 0.5) is 5.69 Å². The number of guanidine groups is 2. The molecule has 0 bridgehead atoms. The van der Waals surface area contributed by atoms with Gasteiger partial charge in [0, 0.05) is 25.9 Å². The maximum absolute atomic E-state index is 13.7. The van der Waals surface area contributed by atoms with E-state index in [0.29, 0.717) is 11.1 Å². The number of hydrogen-bond donors (Lipinski definition) is 19. The molecular formula is C55H74N18O17. The Morgan fingerprint density at radius 1 is 0.411 bits per heavy atom. The average molecular weight is 1260 g/mol. The van der Waals surface area contributed by atoms with Crippen molar-refractivity contribution in [2.45, 2.75) is 87.6 Å². The number of nitrogens with zero attached hydrogens (tertiary/aromatic N) is 2. The first-order valence-electron chi connectivity index (χ1n) is 27.6. The summed E-state index contributed by atoms with van der Waals surface area (Å²) < 4.78 is 0. The first-order chi connectivity index (χ1) is 42.7. The molecule has 0 heterocycles. The molecule has 24 N–H and O–H groups in total. The second-order valence-corrected chi connectivity index (χ2v) is 19.5. The Kier molecular flexibility index (Phi) is 31.4. The van der Waals surface area contributed by atoms with E-state index < -0.39 is 165 Å². The van der Waals surface area contributed by atoms with E-state index in [1.165, 1.54) is 24.3 Å². The molecule has 35 heteroatoms. The van der Waals surface area contributed by atoms with Gasteiger partial charge in [0.05, 0.1) is 56.8 Å². The highest BCUT2D eigenvalue weighted by atomic mass is 16.4. The lowest BCUT2D eigenvalue weighted by molar-refractivity contribution is -0.143. The molecule has 0 aliphatic carbocycles. The number of carbonyl (C=O) groups is 14. The third-order valence-corrected chi connectivity index (χ3v) is 12.4. The summed E-state index contributed by atoms with van der Waals surface area (Å²) in [7, 11) is 0. The van der Waals surface area contributed by atoms with Gasteiger partial charge in [-0.3, -0.25) is 72.3 Å². The van der Waals surface area contributed by atoms with Crippen LogP contribution >= 0.6 is 0 Å². The maximum Gasteiger partial charge on any atom is 0.326 e. The van der Waals surface area contributed by atoms with Gasteiger partial charge in [0.15, 0.2) is 11.9 Å². The Bertz CT molecular complexity index is 3090. The monoisotopic (exact) mass is 1260 g/mol. The van der Waals surface area contributed by atoms with Crippen molar-refractivity contribution in [1.29, 1.82) is 0 Å². The van der Waals surface area contributed by atoms with Gasteiger partial charge in [-0.05, 0) is 48.9 Å². The molecule has 6 atom stereocenters. The van der Waals surface area contributed by atoms with E-state index in [2.05, 4.69) is 68.5 Å². The summed E-state index contributed by atoms with van der Waals surface area (Å²) in [5, 5.41) is 54.3. The first-order valence-corrected chi connectivity index (χ1v) is 27.6. The quantitative estimate of drug-likeness (QED) is 0.0143. The summed E-state index contributed by atoms with van der Waals surface area (Å²) in [5.74, 6) is -15.6. The van der Waals surface area contributed by atoms with Gasteiger partial charge in [0.2, 0.25) is 59.1 Å². The van der Waals surface area contributed by atoms with Crippen molar-refractivity contribution in [1.82, 2.24) is 53.2 Å². The van der Waals surface area contributed by atoms with Crippen molar-refractivity contribution in [3.8, 4) is 0 Å². The number of nitrogens with two attached hydrogens (primary N) is 5. The van der Waals surface area contributed by atoms with Gasteiger partial charge in [-0.2, -0.15) is 0 Å². The van der Waals surface area contributed by atoms with Crippen LogP contribution < -0.4 is 87.2 Å². The Morgan fingerprint density at radius 3 is 1.22 bits per heavy atom. The summed E-state index contributed by atoms with van der Waals surface area (Å²) in [6.45, 7) is -3.58. The fourth-order valence-corrected chi connectivity index (χ4v) is 8.07. The van der Waals surface area contributed by atoms with E-state index in [1.807, 2.05) is 0 Å². The maximum atomic E-state index is 13.7. The predicted octanol–water partition coefficient (Wildman–Crippen LogP) is -6.80. The van der Waals surface area contributed by atoms with Crippen molar-refractivity contribution in [3.63, 3.8) is 0 Å². The lowest BCUT2D eigenvalue weighted by Crippen LogP contribution is -2.56. The van der Waals surface area contributed by atoms with Crippen LogP contribution in [0.25, 0.3) is 0 Å². The minimum absolute atomic E-state index is 0.0139. The second-order valence-electron chi connectivity index (χ2n) is 19.5. The minimum atomic E-state index is -1.82. The zero-order valence-electron chi connectivity index (χ0n) is 48.5. The van der Waals surface area contributed by atoms with E-state index in [9.17, 15) is 82.4 Å². The smallest absolute Gasteiger partial charge is 0.326 e. The van der Waals surface area contributed by atoms with Gasteiger partial charge in [-0.25, -0.2) is 4.79 Å². The van der Waals surface area contributed by atoms with Crippen molar-refractivity contribution in [3.05, 3.63) is 102 Å². The highest BCUT2D eigenvalue weighted by molar-refractivity contribution is 6.06. The first kappa shape index (κ1) is 73.0. The molecule has 0 aromatic heterocycles. The molecule has 3 aromatic carbocycles. The lowest BCUT2D eigenvalue weighted by Gasteiger charge is -2.23. The molecule has 11 amide bonds. The number of carboxylic acids is 3. The third-order valence-electron chi connectivity index (χ3n) is 12.4. The largest absolute Gasteiger partial charge is 0.481 e. The predicted molar refractivity (Wildman–Crippen MR) is 319 cm³/mol. The lowest BCUT2D eigenvalue weighted by atomic mass is 10.0. The Morgan fingerprint density at radius 2 is 0.789 bits per heavy atom. The molecule has 0 unspecified atom stereocenters. The van der Waals surface area contributed by atoms with E-state index in [0.717, 1.165) is 0 Å². The van der Waals surface area contributed by atoms with Gasteiger partial charge in [0.1, 0.15) is 36.3 Å². The Labute approximate surface area is 513 Å². The molecule has 0 radical (unpaired) electrons. The van der Waals surface area contributed by atoms with Gasteiger partial charge < -0.3 is 102 Å². The highest BCUT2D eigenvalue weighted by Crippen LogP contribution is 2.15. The number of aliphatic carboxylic acids is 3. The van der Waals surface area contributed by atoms with E-state index in [1.54, 1.807) is 60.7 Å². The van der Waals surface area contributed by atoms with E-state index in [-0.39, 0.29) is 74.8 Å². The van der Waals surface area contributed by atoms with Crippen molar-refractivity contribution in [2.24, 2.45) is 38.7 Å². The van der Waals surface area contributed by atoms with Gasteiger partial charge >= 0.3 is 17.9 Å². The second kappa shape index (κ2) is 38.7. The van der Waals surface area contributed by atoms with Crippen LogP contribution in [-0.2, 0) is 75.2 Å². The van der Waals surface area contributed by atoms with Gasteiger partial charge in [-0.1, -0.05) is 72.8 Å². The van der Waals surface area contributed by atoms with Gasteiger partial charge in [0.25, 0.3) is 5.91 Å². The molecule has 486 valence electrons. The molecular weight excluding hydrogens is 1180 g/mol. The summed E-state index contributed by atoms with van der Waals surface area (Å²) in [6.07, 6.45) is -2.17. The zero-order valence-corrected chi connectivity index (χ0v) is 48.5. The third kappa shape index (κ3) is 28.8. The highest BCUT2D eigenvalue weighted by Gasteiger charge is 2.32. The number of carbonyl (C=O) groups excluding carboxylic acids is 11. The van der Waals surface area contributed by atoms with Crippen LogP contribution in [0.15, 0.2) is 94.9 Å².